The van der Waals surface area contributed by atoms with Gasteiger partial charge in [0, 0.05) is 0 Å². The zero-order valence-corrected chi connectivity index (χ0v) is 11.2. The molecule has 0 unspecified atom stereocenters. The second-order valence-electron chi connectivity index (χ2n) is 4.34. The highest BCUT2D eigenvalue weighted by Crippen LogP contribution is 2.19. The van der Waals surface area contributed by atoms with Crippen molar-refractivity contribution < 1.29 is 4.84 Å². The van der Waals surface area contributed by atoms with Gasteiger partial charge in [0.25, 0.3) is 0 Å². The van der Waals surface area contributed by atoms with E-state index in [-0.39, 0.29) is 0 Å². The van der Waals surface area contributed by atoms with E-state index in [1.54, 1.807) is 0 Å². The Morgan fingerprint density at radius 1 is 0.947 bits per heavy atom. The molecule has 0 aliphatic heterocycles. The molecule has 19 heavy (non-hydrogen) atoms. The Balaban J connectivity index is 1.92. The predicted molar refractivity (Wildman–Crippen MR) is 79.0 cm³/mol. The summed E-state index contributed by atoms with van der Waals surface area (Å²) in [5.41, 5.74) is 3.55. The molecule has 2 heteroatoms. The fourth-order valence-electron chi connectivity index (χ4n) is 1.73. The summed E-state index contributed by atoms with van der Waals surface area (Å²) in [5, 5.41) is 3.79. The summed E-state index contributed by atoms with van der Waals surface area (Å²) in [7, 11) is 0. The third-order valence-electron chi connectivity index (χ3n) is 2.78. The molecule has 0 saturated heterocycles. The average Bonchev–Trinajstić information content (AvgIpc) is 2.49. The smallest absolute Gasteiger partial charge is 0.142 e. The van der Waals surface area contributed by atoms with Crippen LogP contribution in [0.5, 0.6) is 0 Å². The summed E-state index contributed by atoms with van der Waals surface area (Å²) in [4.78, 5) is 5.18. The van der Waals surface area contributed by atoms with E-state index in [1.165, 1.54) is 11.1 Å². The van der Waals surface area contributed by atoms with Crippen LogP contribution in [-0.2, 0) is 11.4 Å². The van der Waals surface area contributed by atoms with Crippen LogP contribution in [0.1, 0.15) is 25.3 Å². The zero-order chi connectivity index (χ0) is 13.3. The van der Waals surface area contributed by atoms with Crippen molar-refractivity contribution >= 4 is 6.21 Å². The Morgan fingerprint density at radius 2 is 1.63 bits per heavy atom. The van der Waals surface area contributed by atoms with Gasteiger partial charge in [-0.25, -0.2) is 0 Å². The van der Waals surface area contributed by atoms with Crippen molar-refractivity contribution in [1.29, 1.82) is 0 Å². The third-order valence-corrected chi connectivity index (χ3v) is 2.78. The van der Waals surface area contributed by atoms with E-state index in [1.807, 2.05) is 18.2 Å². The fourth-order valence-corrected chi connectivity index (χ4v) is 1.73. The lowest BCUT2D eigenvalue weighted by Crippen LogP contribution is -1.87. The van der Waals surface area contributed by atoms with Crippen molar-refractivity contribution in [3.63, 3.8) is 0 Å². The molecule has 0 amide bonds. The van der Waals surface area contributed by atoms with Gasteiger partial charge in [-0.2, -0.15) is 0 Å². The highest BCUT2D eigenvalue weighted by Gasteiger charge is 1.97. The van der Waals surface area contributed by atoms with E-state index < -0.39 is 0 Å². The van der Waals surface area contributed by atoms with Crippen LogP contribution in [0, 0.1) is 0 Å². The zero-order valence-electron chi connectivity index (χ0n) is 11.2. The largest absolute Gasteiger partial charge is 0.391 e. The molecule has 0 heterocycles. The Kier molecular flexibility index (Phi) is 5.17. The molecule has 0 atom stereocenters. The normalized spacial score (nSPS) is 10.8. The van der Waals surface area contributed by atoms with E-state index >= 15 is 0 Å². The molecule has 0 bridgehead atoms. The van der Waals surface area contributed by atoms with Crippen molar-refractivity contribution in [3.8, 4) is 11.1 Å². The number of rotatable bonds is 6. The maximum Gasteiger partial charge on any atom is 0.142 e. The van der Waals surface area contributed by atoms with Gasteiger partial charge >= 0.3 is 0 Å². The lowest BCUT2D eigenvalue weighted by Gasteiger charge is -2.03. The molecule has 2 nitrogen and oxygen atoms in total. The van der Waals surface area contributed by atoms with Crippen molar-refractivity contribution in [2.75, 3.05) is 0 Å². The molecule has 0 fully saturated rings. The van der Waals surface area contributed by atoms with Crippen molar-refractivity contribution in [1.82, 2.24) is 0 Å². The summed E-state index contributed by atoms with van der Waals surface area (Å²) >= 11 is 0. The van der Waals surface area contributed by atoms with Gasteiger partial charge in [-0.05, 0) is 23.1 Å². The molecule has 0 saturated carbocycles. The van der Waals surface area contributed by atoms with E-state index in [4.69, 9.17) is 4.84 Å². The molecule has 0 aromatic heterocycles. The second kappa shape index (κ2) is 7.37. The van der Waals surface area contributed by atoms with Crippen LogP contribution >= 0.6 is 0 Å². The molecule has 0 spiro atoms. The van der Waals surface area contributed by atoms with Gasteiger partial charge in [-0.3, -0.25) is 0 Å². The lowest BCUT2D eigenvalue weighted by molar-refractivity contribution is 0.131. The van der Waals surface area contributed by atoms with Gasteiger partial charge in [0.2, 0.25) is 0 Å². The molecule has 2 aromatic carbocycles. The van der Waals surface area contributed by atoms with Crippen LogP contribution in [0.25, 0.3) is 11.1 Å². The Bertz CT molecular complexity index is 503. The summed E-state index contributed by atoms with van der Waals surface area (Å²) in [6.45, 7) is 2.58. The Morgan fingerprint density at radius 3 is 2.32 bits per heavy atom. The second-order valence-corrected chi connectivity index (χ2v) is 4.34. The Hall–Kier alpha value is -2.09. The molecule has 1 radical (unpaired) electrons. The average molecular weight is 252 g/mol. The van der Waals surface area contributed by atoms with E-state index in [2.05, 4.69) is 54.7 Å². The Labute approximate surface area is 114 Å². The molecular formula is C17H18NO. The van der Waals surface area contributed by atoms with E-state index in [0.29, 0.717) is 6.61 Å². The molecule has 0 N–H and O–H groups in total. The third kappa shape index (κ3) is 4.25. The number of unbranched alkanes of at least 4 members (excludes halogenated alkanes) is 1. The molecule has 0 aliphatic carbocycles. The van der Waals surface area contributed by atoms with Crippen LogP contribution in [0.15, 0.2) is 59.8 Å². The summed E-state index contributed by atoms with van der Waals surface area (Å²) < 4.78 is 0. The van der Waals surface area contributed by atoms with Gasteiger partial charge in [-0.15, -0.1) is 0 Å². The van der Waals surface area contributed by atoms with Crippen molar-refractivity contribution in [3.05, 3.63) is 60.2 Å². The summed E-state index contributed by atoms with van der Waals surface area (Å²) in [6.07, 6.45) is 4.73. The minimum atomic E-state index is 0.492. The molecule has 0 aliphatic rings. The summed E-state index contributed by atoms with van der Waals surface area (Å²) in [5.74, 6) is 0. The molecule has 97 valence electrons. The quantitative estimate of drug-likeness (QED) is 0.546. The standard InChI is InChI=1S/C17H18NO/c1-2-3-13-18-19-14-15-9-11-17(12-10-15)16-7-5-4-6-8-16/h4-12H,2-3,14H2,1H3. The molecule has 2 rings (SSSR count). The maximum absolute atomic E-state index is 5.18. The van der Waals surface area contributed by atoms with Gasteiger partial charge < -0.3 is 4.84 Å². The minimum Gasteiger partial charge on any atom is -0.391 e. The first kappa shape index (κ1) is 13.3. The molecule has 2 aromatic rings. The first-order valence-electron chi connectivity index (χ1n) is 6.59. The van der Waals surface area contributed by atoms with Crippen LogP contribution in [-0.4, -0.2) is 6.21 Å². The predicted octanol–water partition coefficient (Wildman–Crippen LogP) is 4.53. The van der Waals surface area contributed by atoms with Crippen LogP contribution in [0.2, 0.25) is 0 Å². The van der Waals surface area contributed by atoms with Gasteiger partial charge in [-0.1, -0.05) is 73.1 Å². The monoisotopic (exact) mass is 252 g/mol. The van der Waals surface area contributed by atoms with Gasteiger partial charge in [0.05, 0.1) is 0 Å². The number of hydrogen-bond acceptors (Lipinski definition) is 2. The lowest BCUT2D eigenvalue weighted by atomic mass is 10.0. The highest BCUT2D eigenvalue weighted by molar-refractivity contribution is 5.63. The molecular weight excluding hydrogens is 234 g/mol. The maximum atomic E-state index is 5.18. The van der Waals surface area contributed by atoms with Crippen LogP contribution in [0.3, 0.4) is 0 Å². The van der Waals surface area contributed by atoms with Crippen LogP contribution in [0.4, 0.5) is 0 Å². The topological polar surface area (TPSA) is 21.6 Å². The number of benzene rings is 2. The van der Waals surface area contributed by atoms with E-state index in [0.717, 1.165) is 18.4 Å². The van der Waals surface area contributed by atoms with Gasteiger partial charge in [0.1, 0.15) is 12.8 Å². The SMILES string of the molecule is CCC/[C]=N/OCc1ccc(-c2ccccc2)cc1. The first-order chi connectivity index (χ1) is 9.40. The minimum absolute atomic E-state index is 0.492. The number of hydrogen-bond donors (Lipinski definition) is 0. The first-order valence-corrected chi connectivity index (χ1v) is 6.59. The van der Waals surface area contributed by atoms with Crippen molar-refractivity contribution in [2.45, 2.75) is 26.4 Å². The number of nitrogens with zero attached hydrogens (tertiary/aromatic N) is 1. The van der Waals surface area contributed by atoms with Crippen LogP contribution < -0.4 is 0 Å². The fraction of sp³-hybridized carbons (Fsp3) is 0.235. The summed E-state index contributed by atoms with van der Waals surface area (Å²) in [6, 6.07) is 18.7. The van der Waals surface area contributed by atoms with E-state index in [9.17, 15) is 0 Å². The van der Waals surface area contributed by atoms with Gasteiger partial charge in [0.15, 0.2) is 0 Å². The highest BCUT2D eigenvalue weighted by atomic mass is 16.6. The van der Waals surface area contributed by atoms with Crippen molar-refractivity contribution in [2.24, 2.45) is 5.16 Å².